The monoisotopic (exact) mass is 402 g/mol. The Balaban J connectivity index is 1.80. The zero-order valence-corrected chi connectivity index (χ0v) is 17.7. The zero-order valence-electron chi connectivity index (χ0n) is 16.9. The summed E-state index contributed by atoms with van der Waals surface area (Å²) in [5, 5.41) is 11.7. The van der Waals surface area contributed by atoms with Gasteiger partial charge in [0.25, 0.3) is 0 Å². The maximum atomic E-state index is 12.7. The highest BCUT2D eigenvalue weighted by Gasteiger charge is 2.31. The first-order valence-corrected chi connectivity index (χ1v) is 9.91. The van der Waals surface area contributed by atoms with Crippen molar-refractivity contribution in [3.63, 3.8) is 0 Å². The van der Waals surface area contributed by atoms with Gasteiger partial charge in [-0.1, -0.05) is 20.8 Å². The van der Waals surface area contributed by atoms with E-state index in [-0.39, 0.29) is 17.9 Å². The van der Waals surface area contributed by atoms with Gasteiger partial charge in [-0.05, 0) is 18.2 Å². The van der Waals surface area contributed by atoms with Crippen molar-refractivity contribution in [2.45, 2.75) is 38.8 Å². The van der Waals surface area contributed by atoms with Crippen LogP contribution in [0.3, 0.4) is 0 Å². The number of benzene rings is 1. The first-order valence-electron chi connectivity index (χ1n) is 9.09. The summed E-state index contributed by atoms with van der Waals surface area (Å²) in [6.45, 7) is 6.89. The minimum Gasteiger partial charge on any atom is -0.496 e. The highest BCUT2D eigenvalue weighted by Crippen LogP contribution is 2.39. The Labute approximate surface area is 169 Å². The van der Waals surface area contributed by atoms with Crippen LogP contribution in [0.4, 0.5) is 0 Å². The quantitative estimate of drug-likeness (QED) is 0.792. The van der Waals surface area contributed by atoms with Crippen molar-refractivity contribution in [2.75, 3.05) is 20.8 Å². The number of hydrogen-bond acceptors (Lipinski definition) is 6. The van der Waals surface area contributed by atoms with Crippen molar-refractivity contribution in [1.82, 2.24) is 9.88 Å². The van der Waals surface area contributed by atoms with Crippen LogP contribution in [0.1, 0.15) is 47.9 Å². The summed E-state index contributed by atoms with van der Waals surface area (Å²) in [5.41, 5.74) is 1.44. The van der Waals surface area contributed by atoms with Crippen LogP contribution in [-0.4, -0.2) is 41.7 Å². The molecule has 1 aliphatic rings. The highest BCUT2D eigenvalue weighted by molar-refractivity contribution is 7.12. The number of nitrogens with zero attached hydrogens (tertiary/aromatic N) is 2. The molecular weight excluding hydrogens is 376 g/mol. The predicted octanol–water partition coefficient (Wildman–Crippen LogP) is 3.55. The Hall–Kier alpha value is -2.38. The SMILES string of the molecule is COc1ccc(OC)c2c1CN(C(=O)C=Cc1cnc(C(C)(C)C)s1)CC2O. The van der Waals surface area contributed by atoms with E-state index < -0.39 is 6.10 Å². The molecule has 150 valence electrons. The van der Waals surface area contributed by atoms with Crippen LogP contribution in [0.2, 0.25) is 0 Å². The fourth-order valence-electron chi connectivity index (χ4n) is 3.21. The molecule has 3 rings (SSSR count). The lowest BCUT2D eigenvalue weighted by Gasteiger charge is -2.33. The minimum atomic E-state index is -0.831. The summed E-state index contributed by atoms with van der Waals surface area (Å²) in [5.74, 6) is 1.07. The molecule has 1 amide bonds. The highest BCUT2D eigenvalue weighted by atomic mass is 32.1. The van der Waals surface area contributed by atoms with E-state index in [2.05, 4.69) is 25.8 Å². The third-order valence-corrected chi connectivity index (χ3v) is 6.04. The maximum Gasteiger partial charge on any atom is 0.247 e. The summed E-state index contributed by atoms with van der Waals surface area (Å²) in [6, 6.07) is 3.56. The van der Waals surface area contributed by atoms with Crippen molar-refractivity contribution >= 4 is 23.3 Å². The van der Waals surface area contributed by atoms with Crippen molar-refractivity contribution in [3.8, 4) is 11.5 Å². The molecule has 0 spiro atoms. The number of carbonyl (C=O) groups excluding carboxylic acids is 1. The molecule has 0 fully saturated rings. The van der Waals surface area contributed by atoms with Crippen LogP contribution in [0.25, 0.3) is 6.08 Å². The van der Waals surface area contributed by atoms with E-state index in [1.807, 2.05) is 0 Å². The van der Waals surface area contributed by atoms with Crippen LogP contribution in [-0.2, 0) is 16.8 Å². The van der Waals surface area contributed by atoms with E-state index in [9.17, 15) is 9.90 Å². The molecule has 1 N–H and O–H groups in total. The third-order valence-electron chi connectivity index (χ3n) is 4.66. The van der Waals surface area contributed by atoms with Gasteiger partial charge in [0.2, 0.25) is 5.91 Å². The molecule has 1 aliphatic heterocycles. The van der Waals surface area contributed by atoms with Gasteiger partial charge in [-0.15, -0.1) is 11.3 Å². The van der Waals surface area contributed by atoms with E-state index in [1.54, 1.807) is 54.9 Å². The average molecular weight is 403 g/mol. The summed E-state index contributed by atoms with van der Waals surface area (Å²) in [6.07, 6.45) is 4.26. The topological polar surface area (TPSA) is 71.9 Å². The van der Waals surface area contributed by atoms with Gasteiger partial charge in [-0.25, -0.2) is 4.98 Å². The Bertz CT molecular complexity index is 898. The lowest BCUT2D eigenvalue weighted by Crippen LogP contribution is -2.37. The smallest absolute Gasteiger partial charge is 0.247 e. The molecule has 1 atom stereocenters. The molecule has 6 nitrogen and oxygen atoms in total. The third kappa shape index (κ3) is 4.05. The van der Waals surface area contributed by atoms with Gasteiger partial charge in [0.05, 0.1) is 32.3 Å². The van der Waals surface area contributed by atoms with Gasteiger partial charge < -0.3 is 19.5 Å². The second-order valence-electron chi connectivity index (χ2n) is 7.75. The number of methoxy groups -OCH3 is 2. The number of thiazole rings is 1. The minimum absolute atomic E-state index is 0.0168. The number of aliphatic hydroxyl groups excluding tert-OH is 1. The number of amides is 1. The molecule has 1 aromatic carbocycles. The Kier molecular flexibility index (Phi) is 5.76. The van der Waals surface area contributed by atoms with E-state index >= 15 is 0 Å². The zero-order chi connectivity index (χ0) is 20.5. The van der Waals surface area contributed by atoms with Crippen molar-refractivity contribution in [2.24, 2.45) is 0 Å². The van der Waals surface area contributed by atoms with Gasteiger partial charge in [-0.3, -0.25) is 4.79 Å². The van der Waals surface area contributed by atoms with E-state index in [1.165, 1.54) is 6.08 Å². The largest absolute Gasteiger partial charge is 0.496 e. The molecule has 0 radical (unpaired) electrons. The lowest BCUT2D eigenvalue weighted by molar-refractivity contribution is -0.128. The molecule has 1 aromatic heterocycles. The summed E-state index contributed by atoms with van der Waals surface area (Å²) < 4.78 is 10.8. The standard InChI is InChI=1S/C21H26N2O4S/c1-21(2,3)20-22-10-13(28-20)6-9-18(25)23-11-14-16(26-4)7-8-17(27-5)19(14)15(24)12-23/h6-10,15,24H,11-12H2,1-5H3. The van der Waals surface area contributed by atoms with E-state index in [0.717, 1.165) is 15.4 Å². The van der Waals surface area contributed by atoms with E-state index in [0.29, 0.717) is 23.6 Å². The molecule has 0 bridgehead atoms. The first-order chi connectivity index (χ1) is 13.2. The Morgan fingerprint density at radius 1 is 1.29 bits per heavy atom. The second-order valence-corrected chi connectivity index (χ2v) is 8.81. The van der Waals surface area contributed by atoms with Crippen molar-refractivity contribution in [1.29, 1.82) is 0 Å². The second kappa shape index (κ2) is 7.93. The molecule has 1 unspecified atom stereocenters. The van der Waals surface area contributed by atoms with Crippen LogP contribution in [0.15, 0.2) is 24.4 Å². The van der Waals surface area contributed by atoms with Gasteiger partial charge in [0, 0.05) is 33.7 Å². The maximum absolute atomic E-state index is 12.7. The summed E-state index contributed by atoms with van der Waals surface area (Å²) in [4.78, 5) is 19.7. The molecule has 0 saturated carbocycles. The number of carbonyl (C=O) groups is 1. The average Bonchev–Trinajstić information content (AvgIpc) is 3.14. The number of fused-ring (bicyclic) bond motifs is 1. The van der Waals surface area contributed by atoms with Gasteiger partial charge in [0.15, 0.2) is 0 Å². The van der Waals surface area contributed by atoms with Crippen molar-refractivity contribution < 1.29 is 19.4 Å². The fourth-order valence-corrected chi connectivity index (χ4v) is 4.09. The molecule has 0 aliphatic carbocycles. The number of aromatic nitrogens is 1. The summed E-state index contributed by atoms with van der Waals surface area (Å²) >= 11 is 1.57. The van der Waals surface area contributed by atoms with Crippen LogP contribution >= 0.6 is 11.3 Å². The van der Waals surface area contributed by atoms with Gasteiger partial charge in [0.1, 0.15) is 17.6 Å². The Morgan fingerprint density at radius 2 is 1.96 bits per heavy atom. The molecule has 7 heteroatoms. The number of rotatable bonds is 4. The number of aliphatic hydroxyl groups is 1. The molecule has 28 heavy (non-hydrogen) atoms. The fraction of sp³-hybridized carbons (Fsp3) is 0.429. The van der Waals surface area contributed by atoms with Crippen molar-refractivity contribution in [3.05, 3.63) is 45.4 Å². The van der Waals surface area contributed by atoms with Crippen LogP contribution in [0, 0.1) is 0 Å². The summed E-state index contributed by atoms with van der Waals surface area (Å²) in [7, 11) is 3.14. The molecule has 2 heterocycles. The van der Waals surface area contributed by atoms with Crippen LogP contribution in [0.5, 0.6) is 11.5 Å². The molecular formula is C21H26N2O4S. The number of β-amino-alcohol motifs (C(OH)–C–C–N with tert-alkyl or cyclic N) is 1. The number of ether oxygens (including phenoxy) is 2. The van der Waals surface area contributed by atoms with Crippen LogP contribution < -0.4 is 9.47 Å². The number of hydrogen-bond donors (Lipinski definition) is 1. The first kappa shape index (κ1) is 20.4. The molecule has 0 saturated heterocycles. The normalized spacial score (nSPS) is 16.9. The lowest BCUT2D eigenvalue weighted by atomic mass is 9.95. The molecule has 2 aromatic rings. The van der Waals surface area contributed by atoms with Gasteiger partial charge >= 0.3 is 0 Å². The predicted molar refractivity (Wildman–Crippen MR) is 110 cm³/mol. The van der Waals surface area contributed by atoms with Gasteiger partial charge in [-0.2, -0.15) is 0 Å². The Morgan fingerprint density at radius 3 is 2.57 bits per heavy atom. The van der Waals surface area contributed by atoms with E-state index in [4.69, 9.17) is 9.47 Å².